The zero-order valence-electron chi connectivity index (χ0n) is 11.2. The molecule has 110 valence electrons. The van der Waals surface area contributed by atoms with Gasteiger partial charge in [0.25, 0.3) is 5.91 Å². The summed E-state index contributed by atoms with van der Waals surface area (Å²) in [6.45, 7) is 1.56. The molecule has 0 aromatic heterocycles. The molecular weight excluding hydrogens is 262 g/mol. The molecule has 0 fully saturated rings. The SMILES string of the molecule is O=C(NCCCOCCO)C1COc2ccccc2O1. The van der Waals surface area contributed by atoms with E-state index >= 15 is 0 Å². The smallest absolute Gasteiger partial charge is 0.264 e. The van der Waals surface area contributed by atoms with E-state index < -0.39 is 6.10 Å². The maximum atomic E-state index is 11.9. The minimum absolute atomic E-state index is 0.0129. The quantitative estimate of drug-likeness (QED) is 0.705. The molecule has 0 saturated carbocycles. The maximum absolute atomic E-state index is 11.9. The topological polar surface area (TPSA) is 77.0 Å². The third-order valence-electron chi connectivity index (χ3n) is 2.80. The fourth-order valence-electron chi connectivity index (χ4n) is 1.81. The standard InChI is InChI=1S/C14H19NO5/c16-7-9-18-8-3-6-15-14(17)13-10-19-11-4-1-2-5-12(11)20-13/h1-2,4-5,13,16H,3,6-10H2,(H,15,17). The maximum Gasteiger partial charge on any atom is 0.264 e. The van der Waals surface area contributed by atoms with Crippen LogP contribution >= 0.6 is 0 Å². The number of benzene rings is 1. The van der Waals surface area contributed by atoms with Gasteiger partial charge in [-0.2, -0.15) is 0 Å². The Morgan fingerprint density at radius 2 is 2.15 bits per heavy atom. The Morgan fingerprint density at radius 3 is 2.95 bits per heavy atom. The molecule has 2 rings (SSSR count). The Hall–Kier alpha value is -1.79. The Kier molecular flexibility index (Phi) is 5.64. The molecule has 6 nitrogen and oxygen atoms in total. The van der Waals surface area contributed by atoms with Crippen molar-refractivity contribution in [1.82, 2.24) is 5.32 Å². The van der Waals surface area contributed by atoms with Crippen LogP contribution in [0.3, 0.4) is 0 Å². The van der Waals surface area contributed by atoms with Crippen molar-refractivity contribution in [3.8, 4) is 11.5 Å². The highest BCUT2D eigenvalue weighted by Gasteiger charge is 2.26. The van der Waals surface area contributed by atoms with E-state index in [9.17, 15) is 4.79 Å². The predicted molar refractivity (Wildman–Crippen MR) is 71.9 cm³/mol. The van der Waals surface area contributed by atoms with Gasteiger partial charge in [-0.1, -0.05) is 12.1 Å². The van der Waals surface area contributed by atoms with Crippen molar-refractivity contribution in [2.24, 2.45) is 0 Å². The van der Waals surface area contributed by atoms with Gasteiger partial charge in [-0.3, -0.25) is 4.79 Å². The van der Waals surface area contributed by atoms with Gasteiger partial charge in [0.15, 0.2) is 11.5 Å². The van der Waals surface area contributed by atoms with Gasteiger partial charge in [0, 0.05) is 13.2 Å². The first kappa shape index (κ1) is 14.6. The summed E-state index contributed by atoms with van der Waals surface area (Å²) in [6, 6.07) is 7.27. The Morgan fingerprint density at radius 1 is 1.35 bits per heavy atom. The molecule has 0 bridgehead atoms. The number of carbonyl (C=O) groups is 1. The summed E-state index contributed by atoms with van der Waals surface area (Å²) in [4.78, 5) is 11.9. The van der Waals surface area contributed by atoms with E-state index in [1.165, 1.54) is 0 Å². The average molecular weight is 281 g/mol. The van der Waals surface area contributed by atoms with Crippen LogP contribution in [0.1, 0.15) is 6.42 Å². The van der Waals surface area contributed by atoms with E-state index in [4.69, 9.17) is 19.3 Å². The zero-order chi connectivity index (χ0) is 14.2. The highest BCUT2D eigenvalue weighted by Crippen LogP contribution is 2.30. The molecule has 1 unspecified atom stereocenters. The molecule has 0 spiro atoms. The van der Waals surface area contributed by atoms with Crippen molar-refractivity contribution in [2.45, 2.75) is 12.5 Å². The van der Waals surface area contributed by atoms with Crippen LogP contribution in [-0.2, 0) is 9.53 Å². The fraction of sp³-hybridized carbons (Fsp3) is 0.500. The number of hydrogen-bond donors (Lipinski definition) is 2. The summed E-state index contributed by atoms with van der Waals surface area (Å²) in [5.41, 5.74) is 0. The molecule has 1 aromatic rings. The number of ether oxygens (including phenoxy) is 3. The molecule has 1 amide bonds. The first-order valence-electron chi connectivity index (χ1n) is 6.66. The summed E-state index contributed by atoms with van der Waals surface area (Å²) in [5, 5.41) is 11.3. The molecule has 0 aliphatic carbocycles. The first-order valence-corrected chi connectivity index (χ1v) is 6.66. The Balaban J connectivity index is 1.69. The summed E-state index contributed by atoms with van der Waals surface area (Å²) in [5.74, 6) is 1.06. The molecule has 6 heteroatoms. The minimum Gasteiger partial charge on any atom is -0.485 e. The zero-order valence-corrected chi connectivity index (χ0v) is 11.2. The molecule has 1 aliphatic rings. The van der Waals surface area contributed by atoms with Crippen molar-refractivity contribution in [3.05, 3.63) is 24.3 Å². The summed E-state index contributed by atoms with van der Waals surface area (Å²) < 4.78 is 16.2. The second-order valence-corrected chi connectivity index (χ2v) is 4.34. The van der Waals surface area contributed by atoms with Gasteiger partial charge in [-0.25, -0.2) is 0 Å². The van der Waals surface area contributed by atoms with Crippen LogP contribution in [0.4, 0.5) is 0 Å². The number of nitrogens with one attached hydrogen (secondary N) is 1. The number of amides is 1. The molecule has 1 heterocycles. The lowest BCUT2D eigenvalue weighted by Gasteiger charge is -2.25. The van der Waals surface area contributed by atoms with Gasteiger partial charge in [0.05, 0.1) is 13.2 Å². The molecule has 1 aromatic carbocycles. The lowest BCUT2D eigenvalue weighted by Crippen LogP contribution is -2.44. The normalized spacial score (nSPS) is 16.8. The second kappa shape index (κ2) is 7.72. The molecule has 2 N–H and O–H groups in total. The van der Waals surface area contributed by atoms with Crippen molar-refractivity contribution < 1.29 is 24.1 Å². The number of carbonyl (C=O) groups excluding carboxylic acids is 1. The van der Waals surface area contributed by atoms with Crippen LogP contribution in [0.15, 0.2) is 24.3 Å². The van der Waals surface area contributed by atoms with Crippen LogP contribution in [0.5, 0.6) is 11.5 Å². The van der Waals surface area contributed by atoms with Gasteiger partial charge in [0.1, 0.15) is 6.61 Å². The van der Waals surface area contributed by atoms with Crippen molar-refractivity contribution >= 4 is 5.91 Å². The Bertz CT molecular complexity index is 437. The lowest BCUT2D eigenvalue weighted by molar-refractivity contribution is -0.130. The second-order valence-electron chi connectivity index (χ2n) is 4.34. The van der Waals surface area contributed by atoms with Crippen LogP contribution in [0.25, 0.3) is 0 Å². The number of para-hydroxylation sites is 2. The third kappa shape index (κ3) is 4.11. The van der Waals surface area contributed by atoms with Gasteiger partial charge in [0.2, 0.25) is 6.10 Å². The van der Waals surface area contributed by atoms with Crippen LogP contribution < -0.4 is 14.8 Å². The number of aliphatic hydroxyl groups is 1. The summed E-state index contributed by atoms with van der Waals surface area (Å²) >= 11 is 0. The predicted octanol–water partition coefficient (Wildman–Crippen LogP) is 0.342. The van der Waals surface area contributed by atoms with Gasteiger partial charge in [-0.05, 0) is 18.6 Å². The van der Waals surface area contributed by atoms with E-state index in [2.05, 4.69) is 5.32 Å². The first-order chi connectivity index (χ1) is 9.81. The molecular formula is C14H19NO5. The van der Waals surface area contributed by atoms with Crippen molar-refractivity contribution in [2.75, 3.05) is 33.0 Å². The van der Waals surface area contributed by atoms with Crippen molar-refractivity contribution in [3.63, 3.8) is 0 Å². The van der Waals surface area contributed by atoms with E-state index in [1.807, 2.05) is 18.2 Å². The van der Waals surface area contributed by atoms with E-state index in [-0.39, 0.29) is 19.1 Å². The summed E-state index contributed by atoms with van der Waals surface area (Å²) in [7, 11) is 0. The van der Waals surface area contributed by atoms with Gasteiger partial charge >= 0.3 is 0 Å². The number of aliphatic hydroxyl groups excluding tert-OH is 1. The number of hydrogen-bond acceptors (Lipinski definition) is 5. The lowest BCUT2D eigenvalue weighted by atomic mass is 10.2. The van der Waals surface area contributed by atoms with E-state index in [1.54, 1.807) is 6.07 Å². The Labute approximate surface area is 117 Å². The summed E-state index contributed by atoms with van der Waals surface area (Å²) in [6.07, 6.45) is 0.0684. The van der Waals surface area contributed by atoms with Gasteiger partial charge < -0.3 is 24.6 Å². The van der Waals surface area contributed by atoms with Crippen LogP contribution in [0, 0.1) is 0 Å². The van der Waals surface area contributed by atoms with E-state index in [0.717, 1.165) is 0 Å². The van der Waals surface area contributed by atoms with E-state index in [0.29, 0.717) is 37.7 Å². The van der Waals surface area contributed by atoms with Crippen LogP contribution in [-0.4, -0.2) is 50.1 Å². The average Bonchev–Trinajstić information content (AvgIpc) is 2.50. The molecule has 0 radical (unpaired) electrons. The minimum atomic E-state index is -0.622. The number of fused-ring (bicyclic) bond motifs is 1. The molecule has 20 heavy (non-hydrogen) atoms. The largest absolute Gasteiger partial charge is 0.485 e. The van der Waals surface area contributed by atoms with Crippen LogP contribution in [0.2, 0.25) is 0 Å². The number of rotatable bonds is 7. The fourth-order valence-corrected chi connectivity index (χ4v) is 1.81. The molecule has 1 atom stereocenters. The third-order valence-corrected chi connectivity index (χ3v) is 2.80. The highest BCUT2D eigenvalue weighted by atomic mass is 16.6. The monoisotopic (exact) mass is 281 g/mol. The van der Waals surface area contributed by atoms with Crippen molar-refractivity contribution in [1.29, 1.82) is 0 Å². The van der Waals surface area contributed by atoms with Gasteiger partial charge in [-0.15, -0.1) is 0 Å². The molecule has 1 aliphatic heterocycles. The molecule has 0 saturated heterocycles. The highest BCUT2D eigenvalue weighted by molar-refractivity contribution is 5.81.